The van der Waals surface area contributed by atoms with Crippen molar-refractivity contribution >= 4 is 16.0 Å². The standard InChI is InChI=1S/C9H13NO5S/c1-3-4-10-16(13,14)8-5-7(9(11)12)15-6(8)2/h5,10H,3-4H2,1-2H3,(H,11,12). The SMILES string of the molecule is CCCNS(=O)(=O)c1cc(C(=O)O)oc1C. The molecule has 1 aromatic rings. The zero-order valence-electron chi connectivity index (χ0n) is 8.98. The Bertz CT molecular complexity index is 488. The number of nitrogens with one attached hydrogen (secondary N) is 1. The molecule has 0 amide bonds. The third kappa shape index (κ3) is 2.61. The van der Waals surface area contributed by atoms with Crippen LogP contribution in [0.4, 0.5) is 0 Å². The first-order chi connectivity index (χ1) is 7.38. The Morgan fingerprint density at radius 2 is 2.19 bits per heavy atom. The third-order valence-corrected chi connectivity index (χ3v) is 3.48. The molecule has 0 saturated heterocycles. The minimum Gasteiger partial charge on any atom is -0.475 e. The number of sulfonamides is 1. The maximum Gasteiger partial charge on any atom is 0.371 e. The minimum absolute atomic E-state index is 0.0704. The van der Waals surface area contributed by atoms with Gasteiger partial charge in [0.2, 0.25) is 15.8 Å². The first-order valence-corrected chi connectivity index (χ1v) is 6.20. The summed E-state index contributed by atoms with van der Waals surface area (Å²) in [7, 11) is -3.67. The zero-order chi connectivity index (χ0) is 12.3. The van der Waals surface area contributed by atoms with Gasteiger partial charge in [0.05, 0.1) is 0 Å². The topological polar surface area (TPSA) is 96.6 Å². The summed E-state index contributed by atoms with van der Waals surface area (Å²) in [5.74, 6) is -1.60. The molecule has 1 aromatic heterocycles. The van der Waals surface area contributed by atoms with Crippen LogP contribution in [0.5, 0.6) is 0 Å². The molecule has 0 radical (unpaired) electrons. The molecule has 16 heavy (non-hydrogen) atoms. The average molecular weight is 247 g/mol. The Hall–Kier alpha value is -1.34. The van der Waals surface area contributed by atoms with Crippen molar-refractivity contribution in [3.8, 4) is 0 Å². The highest BCUT2D eigenvalue weighted by Gasteiger charge is 2.23. The van der Waals surface area contributed by atoms with Crippen LogP contribution in [0.2, 0.25) is 0 Å². The van der Waals surface area contributed by atoms with Gasteiger partial charge in [-0.2, -0.15) is 0 Å². The average Bonchev–Trinajstić information content (AvgIpc) is 2.58. The van der Waals surface area contributed by atoms with Crippen molar-refractivity contribution in [2.24, 2.45) is 0 Å². The lowest BCUT2D eigenvalue weighted by molar-refractivity contribution is 0.0661. The second-order valence-corrected chi connectivity index (χ2v) is 4.97. The maximum atomic E-state index is 11.7. The predicted molar refractivity (Wildman–Crippen MR) is 55.9 cm³/mol. The number of hydrogen-bond donors (Lipinski definition) is 2. The molecule has 0 atom stereocenters. The molecule has 0 aliphatic carbocycles. The van der Waals surface area contributed by atoms with Crippen molar-refractivity contribution in [2.75, 3.05) is 6.54 Å². The summed E-state index contributed by atoms with van der Waals surface area (Å²) >= 11 is 0. The molecule has 7 heteroatoms. The highest BCUT2D eigenvalue weighted by atomic mass is 32.2. The van der Waals surface area contributed by atoms with E-state index in [0.29, 0.717) is 13.0 Å². The van der Waals surface area contributed by atoms with E-state index in [0.717, 1.165) is 6.07 Å². The van der Waals surface area contributed by atoms with Crippen LogP contribution >= 0.6 is 0 Å². The van der Waals surface area contributed by atoms with Gasteiger partial charge in [0.1, 0.15) is 10.7 Å². The van der Waals surface area contributed by atoms with Crippen molar-refractivity contribution in [1.29, 1.82) is 0 Å². The molecular weight excluding hydrogens is 234 g/mol. The normalized spacial score (nSPS) is 11.6. The fourth-order valence-electron chi connectivity index (χ4n) is 1.15. The first-order valence-electron chi connectivity index (χ1n) is 4.72. The number of carboxylic acids is 1. The Labute approximate surface area is 93.3 Å². The third-order valence-electron chi connectivity index (χ3n) is 1.91. The fourth-order valence-corrected chi connectivity index (χ4v) is 2.46. The summed E-state index contributed by atoms with van der Waals surface area (Å²) < 4.78 is 30.5. The lowest BCUT2D eigenvalue weighted by Gasteiger charge is -2.02. The quantitative estimate of drug-likeness (QED) is 0.808. The molecule has 0 fully saturated rings. The van der Waals surface area contributed by atoms with Gasteiger partial charge in [-0.3, -0.25) is 0 Å². The maximum absolute atomic E-state index is 11.7. The molecule has 2 N–H and O–H groups in total. The van der Waals surface area contributed by atoms with Crippen molar-refractivity contribution in [1.82, 2.24) is 4.72 Å². The van der Waals surface area contributed by atoms with E-state index in [1.54, 1.807) is 0 Å². The molecule has 6 nitrogen and oxygen atoms in total. The summed E-state index contributed by atoms with van der Waals surface area (Å²) in [6.07, 6.45) is 0.655. The Kier molecular flexibility index (Phi) is 3.71. The van der Waals surface area contributed by atoms with E-state index < -0.39 is 16.0 Å². The highest BCUT2D eigenvalue weighted by Crippen LogP contribution is 2.19. The Balaban J connectivity index is 3.08. The summed E-state index contributed by atoms with van der Waals surface area (Å²) in [6, 6.07) is 1.01. The summed E-state index contributed by atoms with van der Waals surface area (Å²) in [4.78, 5) is 10.5. The largest absolute Gasteiger partial charge is 0.475 e. The second-order valence-electron chi connectivity index (χ2n) is 3.23. The van der Waals surface area contributed by atoms with Crippen molar-refractivity contribution in [3.63, 3.8) is 0 Å². The molecule has 0 aliphatic rings. The van der Waals surface area contributed by atoms with Gasteiger partial charge in [-0.05, 0) is 13.3 Å². The van der Waals surface area contributed by atoms with E-state index in [9.17, 15) is 13.2 Å². The van der Waals surface area contributed by atoms with Gasteiger partial charge in [-0.25, -0.2) is 17.9 Å². The van der Waals surface area contributed by atoms with Crippen molar-refractivity contribution in [3.05, 3.63) is 17.6 Å². The van der Waals surface area contributed by atoms with E-state index in [-0.39, 0.29) is 16.4 Å². The van der Waals surface area contributed by atoms with Crippen LogP contribution in [0.15, 0.2) is 15.4 Å². The molecule has 0 bridgehead atoms. The molecule has 0 saturated carbocycles. The number of hydrogen-bond acceptors (Lipinski definition) is 4. The number of aryl methyl sites for hydroxylation is 1. The molecular formula is C9H13NO5S. The molecule has 0 spiro atoms. The van der Waals surface area contributed by atoms with Crippen LogP contribution in [0.1, 0.15) is 29.7 Å². The predicted octanol–water partition coefficient (Wildman–Crippen LogP) is 0.975. The summed E-state index contributed by atoms with van der Waals surface area (Å²) in [6.45, 7) is 3.54. The fraction of sp³-hybridized carbons (Fsp3) is 0.444. The van der Waals surface area contributed by atoms with Crippen LogP contribution in [-0.2, 0) is 10.0 Å². The number of aromatic carboxylic acids is 1. The van der Waals surface area contributed by atoms with Gasteiger partial charge in [0.25, 0.3) is 0 Å². The van der Waals surface area contributed by atoms with E-state index in [4.69, 9.17) is 9.52 Å². The van der Waals surface area contributed by atoms with E-state index >= 15 is 0 Å². The Morgan fingerprint density at radius 3 is 2.62 bits per heavy atom. The van der Waals surface area contributed by atoms with Gasteiger partial charge >= 0.3 is 5.97 Å². The highest BCUT2D eigenvalue weighted by molar-refractivity contribution is 7.89. The van der Waals surface area contributed by atoms with Gasteiger partial charge in [-0.1, -0.05) is 6.92 Å². The number of carbonyl (C=O) groups is 1. The summed E-state index contributed by atoms with van der Waals surface area (Å²) in [5, 5.41) is 8.66. The van der Waals surface area contributed by atoms with E-state index in [2.05, 4.69) is 4.72 Å². The molecule has 0 aromatic carbocycles. The van der Waals surface area contributed by atoms with Crippen molar-refractivity contribution < 1.29 is 22.7 Å². The Morgan fingerprint density at radius 1 is 1.56 bits per heavy atom. The van der Waals surface area contributed by atoms with Crippen LogP contribution in [0.25, 0.3) is 0 Å². The van der Waals surface area contributed by atoms with E-state index in [1.807, 2.05) is 6.92 Å². The van der Waals surface area contributed by atoms with E-state index in [1.165, 1.54) is 6.92 Å². The van der Waals surface area contributed by atoms with Crippen molar-refractivity contribution in [2.45, 2.75) is 25.2 Å². The second kappa shape index (κ2) is 4.67. The van der Waals surface area contributed by atoms with Crippen LogP contribution in [0, 0.1) is 6.92 Å². The smallest absolute Gasteiger partial charge is 0.371 e. The van der Waals surface area contributed by atoms with Gasteiger partial charge < -0.3 is 9.52 Å². The number of carboxylic acid groups (broad SMARTS) is 1. The van der Waals surface area contributed by atoms with Crippen LogP contribution in [0.3, 0.4) is 0 Å². The number of rotatable bonds is 5. The molecule has 1 heterocycles. The molecule has 0 unspecified atom stereocenters. The van der Waals surface area contributed by atoms with Gasteiger partial charge in [0.15, 0.2) is 0 Å². The van der Waals surface area contributed by atoms with Crippen LogP contribution < -0.4 is 4.72 Å². The minimum atomic E-state index is -3.67. The lowest BCUT2D eigenvalue weighted by atomic mass is 10.4. The number of furan rings is 1. The lowest BCUT2D eigenvalue weighted by Crippen LogP contribution is -2.24. The van der Waals surface area contributed by atoms with Crippen LogP contribution in [-0.4, -0.2) is 26.0 Å². The monoisotopic (exact) mass is 247 g/mol. The van der Waals surface area contributed by atoms with Gasteiger partial charge in [-0.15, -0.1) is 0 Å². The zero-order valence-corrected chi connectivity index (χ0v) is 9.80. The summed E-state index contributed by atoms with van der Waals surface area (Å²) in [5.41, 5.74) is 0. The molecule has 90 valence electrons. The molecule has 1 rings (SSSR count). The van der Waals surface area contributed by atoms with Gasteiger partial charge in [0, 0.05) is 12.6 Å². The first kappa shape index (κ1) is 12.7. The molecule has 0 aliphatic heterocycles.